The molecule has 1 aliphatic carbocycles. The molecule has 1 heterocycles. The van der Waals surface area contributed by atoms with Crippen LogP contribution in [0.25, 0.3) is 10.9 Å². The highest BCUT2D eigenvalue weighted by Crippen LogP contribution is 2.47. The van der Waals surface area contributed by atoms with Gasteiger partial charge in [-0.1, -0.05) is 23.7 Å². The standard InChI is InChI=1S/C23H23ClN2O5S/c1-13-10-18(24)17-12-20(26(3)19(17)11-13)21(27)25-14(2)15-4-6-16(7-5-15)32(30,31)23(8-9-23)22(28)29/h4-7,10-12,14H,8-9H2,1-3H3,(H,25,27)(H,28,29). The van der Waals surface area contributed by atoms with Gasteiger partial charge in [-0.15, -0.1) is 0 Å². The first kappa shape index (κ1) is 22.4. The van der Waals surface area contributed by atoms with Crippen LogP contribution in [0, 0.1) is 6.92 Å². The number of aliphatic carboxylic acids is 1. The minimum atomic E-state index is -3.97. The number of benzene rings is 2. The van der Waals surface area contributed by atoms with Gasteiger partial charge in [0.1, 0.15) is 5.69 Å². The number of aryl methyl sites for hydroxylation is 2. The first-order valence-electron chi connectivity index (χ1n) is 10.1. The van der Waals surface area contributed by atoms with Crippen molar-refractivity contribution in [3.05, 3.63) is 64.3 Å². The lowest BCUT2D eigenvalue weighted by molar-refractivity contribution is -0.137. The second-order valence-electron chi connectivity index (χ2n) is 8.34. The number of halogens is 1. The summed E-state index contributed by atoms with van der Waals surface area (Å²) in [7, 11) is -2.17. The number of nitrogens with one attached hydrogen (secondary N) is 1. The molecule has 1 aliphatic rings. The van der Waals surface area contributed by atoms with Crippen molar-refractivity contribution < 1.29 is 23.1 Å². The fourth-order valence-electron chi connectivity index (χ4n) is 3.96. The molecule has 1 atom stereocenters. The highest BCUT2D eigenvalue weighted by atomic mass is 35.5. The SMILES string of the molecule is Cc1cc(Cl)c2cc(C(=O)NC(C)c3ccc(S(=O)(=O)C4(C(=O)O)CC4)cc3)n(C)c2c1. The van der Waals surface area contributed by atoms with E-state index in [1.807, 2.05) is 19.1 Å². The van der Waals surface area contributed by atoms with E-state index in [0.717, 1.165) is 16.5 Å². The molecule has 2 N–H and O–H groups in total. The molecule has 1 saturated carbocycles. The van der Waals surface area contributed by atoms with Crippen LogP contribution in [0.5, 0.6) is 0 Å². The average Bonchev–Trinajstić information content (AvgIpc) is 3.49. The van der Waals surface area contributed by atoms with Gasteiger partial charge >= 0.3 is 5.97 Å². The molecule has 9 heteroatoms. The van der Waals surface area contributed by atoms with Gasteiger partial charge in [0.15, 0.2) is 14.6 Å². The molecule has 0 spiro atoms. The van der Waals surface area contributed by atoms with Gasteiger partial charge in [-0.05, 0) is 68.1 Å². The Balaban J connectivity index is 1.55. The van der Waals surface area contributed by atoms with Crippen LogP contribution in [0.1, 0.15) is 47.4 Å². The van der Waals surface area contributed by atoms with Crippen molar-refractivity contribution in [2.45, 2.75) is 42.4 Å². The summed E-state index contributed by atoms with van der Waals surface area (Å²) in [5.41, 5.74) is 3.01. The van der Waals surface area contributed by atoms with E-state index in [0.29, 0.717) is 16.3 Å². The Labute approximate surface area is 190 Å². The lowest BCUT2D eigenvalue weighted by Gasteiger charge is -2.16. The minimum absolute atomic E-state index is 0.0293. The third kappa shape index (κ3) is 3.47. The summed E-state index contributed by atoms with van der Waals surface area (Å²) in [5.74, 6) is -1.60. The predicted octanol–water partition coefficient (Wildman–Crippen LogP) is 4.02. The number of hydrogen-bond donors (Lipinski definition) is 2. The summed E-state index contributed by atoms with van der Waals surface area (Å²) in [6, 6.07) is 11.1. The van der Waals surface area contributed by atoms with E-state index in [1.165, 1.54) is 12.1 Å². The predicted molar refractivity (Wildman–Crippen MR) is 122 cm³/mol. The van der Waals surface area contributed by atoms with Crippen molar-refractivity contribution in [2.24, 2.45) is 7.05 Å². The molecule has 4 rings (SSSR count). The Morgan fingerprint density at radius 2 is 1.78 bits per heavy atom. The Morgan fingerprint density at radius 1 is 1.16 bits per heavy atom. The van der Waals surface area contributed by atoms with Gasteiger partial charge < -0.3 is 15.0 Å². The van der Waals surface area contributed by atoms with Crippen molar-refractivity contribution in [2.75, 3.05) is 0 Å². The molecule has 0 radical (unpaired) electrons. The molecule has 1 amide bonds. The van der Waals surface area contributed by atoms with E-state index in [4.69, 9.17) is 11.6 Å². The number of carbonyl (C=O) groups is 2. The fourth-order valence-corrected chi connectivity index (χ4v) is 6.10. The minimum Gasteiger partial charge on any atom is -0.480 e. The quantitative estimate of drug-likeness (QED) is 0.561. The molecule has 3 aromatic rings. The number of carboxylic acids is 1. The summed E-state index contributed by atoms with van der Waals surface area (Å²) in [6.07, 6.45) is 0.237. The molecule has 1 unspecified atom stereocenters. The summed E-state index contributed by atoms with van der Waals surface area (Å²) in [6.45, 7) is 3.73. The van der Waals surface area contributed by atoms with Crippen molar-refractivity contribution in [1.29, 1.82) is 0 Å². The number of carboxylic acid groups (broad SMARTS) is 1. The molecule has 0 saturated heterocycles. The average molecular weight is 475 g/mol. The van der Waals surface area contributed by atoms with Gasteiger partial charge in [0.2, 0.25) is 0 Å². The normalized spacial score (nSPS) is 16.0. The van der Waals surface area contributed by atoms with Crippen LogP contribution >= 0.6 is 11.6 Å². The monoisotopic (exact) mass is 474 g/mol. The van der Waals surface area contributed by atoms with Gasteiger partial charge in [0.05, 0.1) is 21.5 Å². The van der Waals surface area contributed by atoms with Gasteiger partial charge in [-0.3, -0.25) is 9.59 Å². The van der Waals surface area contributed by atoms with Gasteiger partial charge in [0, 0.05) is 12.4 Å². The molecular weight excluding hydrogens is 452 g/mol. The third-order valence-corrected chi connectivity index (χ3v) is 8.95. The second kappa shape index (κ2) is 7.64. The Bertz CT molecular complexity index is 1360. The zero-order valence-corrected chi connectivity index (χ0v) is 19.4. The number of rotatable bonds is 6. The summed E-state index contributed by atoms with van der Waals surface area (Å²) in [4.78, 5) is 24.3. The fraction of sp³-hybridized carbons (Fsp3) is 0.304. The Kier molecular flexibility index (Phi) is 5.33. The first-order chi connectivity index (χ1) is 15.0. The lowest BCUT2D eigenvalue weighted by Crippen LogP contribution is -2.32. The molecule has 0 aliphatic heterocycles. The summed E-state index contributed by atoms with van der Waals surface area (Å²) in [5, 5.41) is 13.6. The van der Waals surface area contributed by atoms with Crippen LogP contribution in [-0.4, -0.2) is 34.7 Å². The van der Waals surface area contributed by atoms with Gasteiger partial charge in [0.25, 0.3) is 5.91 Å². The van der Waals surface area contributed by atoms with Crippen molar-refractivity contribution >= 4 is 44.2 Å². The molecule has 32 heavy (non-hydrogen) atoms. The maximum Gasteiger partial charge on any atom is 0.325 e. The lowest BCUT2D eigenvalue weighted by atomic mass is 10.1. The highest BCUT2D eigenvalue weighted by Gasteiger charge is 2.61. The highest BCUT2D eigenvalue weighted by molar-refractivity contribution is 7.94. The summed E-state index contributed by atoms with van der Waals surface area (Å²) >= 11 is 6.33. The molecule has 168 valence electrons. The smallest absolute Gasteiger partial charge is 0.325 e. The van der Waals surface area contributed by atoms with Gasteiger partial charge in [-0.25, -0.2) is 8.42 Å². The number of sulfone groups is 1. The van der Waals surface area contributed by atoms with E-state index >= 15 is 0 Å². The zero-order valence-electron chi connectivity index (χ0n) is 17.8. The van der Waals surface area contributed by atoms with E-state index in [-0.39, 0.29) is 23.6 Å². The molecule has 2 aromatic carbocycles. The van der Waals surface area contributed by atoms with Crippen LogP contribution in [0.4, 0.5) is 0 Å². The Morgan fingerprint density at radius 3 is 2.34 bits per heavy atom. The number of nitrogens with zero attached hydrogens (tertiary/aromatic N) is 1. The van der Waals surface area contributed by atoms with Crippen molar-refractivity contribution in [3.8, 4) is 0 Å². The molecular formula is C23H23ClN2O5S. The first-order valence-corrected chi connectivity index (χ1v) is 12.0. The Hall–Kier alpha value is -2.84. The van der Waals surface area contributed by atoms with Crippen molar-refractivity contribution in [1.82, 2.24) is 9.88 Å². The maximum absolute atomic E-state index is 12.9. The second-order valence-corrected chi connectivity index (χ2v) is 11.0. The number of fused-ring (bicyclic) bond motifs is 1. The van der Waals surface area contributed by atoms with Gasteiger partial charge in [-0.2, -0.15) is 0 Å². The van der Waals surface area contributed by atoms with Crippen molar-refractivity contribution in [3.63, 3.8) is 0 Å². The van der Waals surface area contributed by atoms with E-state index in [9.17, 15) is 23.1 Å². The van der Waals surface area contributed by atoms with Crippen LogP contribution in [0.3, 0.4) is 0 Å². The zero-order chi connectivity index (χ0) is 23.4. The molecule has 0 bridgehead atoms. The largest absolute Gasteiger partial charge is 0.480 e. The van der Waals surface area contributed by atoms with Crippen LogP contribution in [-0.2, 0) is 21.7 Å². The van der Waals surface area contributed by atoms with Crippen LogP contribution < -0.4 is 5.32 Å². The van der Waals surface area contributed by atoms with Crippen LogP contribution in [0.2, 0.25) is 5.02 Å². The number of carbonyl (C=O) groups excluding carboxylic acids is 1. The molecule has 1 aromatic heterocycles. The van der Waals surface area contributed by atoms with Crippen LogP contribution in [0.15, 0.2) is 47.4 Å². The van der Waals surface area contributed by atoms with E-state index < -0.39 is 26.6 Å². The molecule has 1 fully saturated rings. The maximum atomic E-state index is 12.9. The third-order valence-electron chi connectivity index (χ3n) is 6.13. The number of aromatic nitrogens is 1. The van der Waals surface area contributed by atoms with E-state index in [2.05, 4.69) is 5.32 Å². The summed E-state index contributed by atoms with van der Waals surface area (Å²) < 4.78 is 25.5. The topological polar surface area (TPSA) is 105 Å². The van der Waals surface area contributed by atoms with E-state index in [1.54, 1.807) is 36.7 Å². The number of hydrogen-bond acceptors (Lipinski definition) is 4. The number of amides is 1. The molecule has 7 nitrogen and oxygen atoms in total.